The fourth-order valence-corrected chi connectivity index (χ4v) is 6.15. The first-order valence-corrected chi connectivity index (χ1v) is 13.8. The molecule has 2 aliphatic heterocycles. The van der Waals surface area contributed by atoms with Gasteiger partial charge in [-0.2, -0.15) is 4.57 Å². The number of aromatic nitrogens is 2. The first kappa shape index (κ1) is 29.6. The standard InChI is InChI=1S/C22H22ClN9O7S2/c1-8(20(36)37)39-30-14(13-16(23)41-22(26)29-13)17(34)28-15-18(35)32-12(6-33)9(7-40-19(15)32)4-31-3-2-10(24)11(5-31)27-21(25)38/h2-3,5-6,8,15,19,24H,4,7H2,1H3,(H7,25,26,27,28,29,34,36,37,38)/p+1/b30-14-/t8-,15?,19?/m0/s1. The van der Waals surface area contributed by atoms with E-state index in [-0.39, 0.29) is 38.8 Å². The number of β-lactam (4-membered cyclic amide) rings is 1. The molecular formula is C22H23ClN9O7S2+. The van der Waals surface area contributed by atoms with Crippen molar-refractivity contribution in [1.29, 1.82) is 0 Å². The second kappa shape index (κ2) is 12.0. The van der Waals surface area contributed by atoms with Crippen LogP contribution in [0.4, 0.5) is 21.3 Å². The number of fused-ring (bicyclic) bond motifs is 1. The Kier molecular flexibility index (Phi) is 8.64. The molecule has 16 nitrogen and oxygen atoms in total. The van der Waals surface area contributed by atoms with Gasteiger partial charge < -0.3 is 37.8 Å². The van der Waals surface area contributed by atoms with Crippen molar-refractivity contribution in [3.8, 4) is 0 Å². The zero-order valence-corrected chi connectivity index (χ0v) is 23.5. The lowest BCUT2D eigenvalue weighted by Gasteiger charge is -2.49. The number of aliphatic carboxylic acids is 1. The minimum Gasteiger partial charge on any atom is -0.478 e. The number of nitrogens with two attached hydrogens (primary N) is 3. The van der Waals surface area contributed by atoms with Gasteiger partial charge in [0.05, 0.1) is 11.4 Å². The van der Waals surface area contributed by atoms with Crippen molar-refractivity contribution in [2.24, 2.45) is 10.9 Å². The number of hydrogen-bond donors (Lipinski definition) is 6. The molecule has 2 aliphatic rings. The molecule has 41 heavy (non-hydrogen) atoms. The number of urea groups is 1. The van der Waals surface area contributed by atoms with Gasteiger partial charge in [0.15, 0.2) is 36.1 Å². The third-order valence-electron chi connectivity index (χ3n) is 5.87. The van der Waals surface area contributed by atoms with Gasteiger partial charge in [-0.25, -0.2) is 14.6 Å². The topological polar surface area (TPSA) is 249 Å². The van der Waals surface area contributed by atoms with Gasteiger partial charge in [0.2, 0.25) is 6.10 Å². The Morgan fingerprint density at radius 3 is 2.76 bits per heavy atom. The summed E-state index contributed by atoms with van der Waals surface area (Å²) in [7, 11) is 0. The van der Waals surface area contributed by atoms with Crippen LogP contribution in [0.1, 0.15) is 12.6 Å². The Morgan fingerprint density at radius 2 is 2.15 bits per heavy atom. The summed E-state index contributed by atoms with van der Waals surface area (Å²) < 4.78 is 1.66. The average molecular weight is 625 g/mol. The van der Waals surface area contributed by atoms with Crippen LogP contribution in [0.25, 0.3) is 0 Å². The third kappa shape index (κ3) is 6.18. The number of nitrogen functional groups attached to an aromatic ring is 2. The number of aldehydes is 1. The molecule has 1 fully saturated rings. The number of anilines is 3. The predicted molar refractivity (Wildman–Crippen MR) is 149 cm³/mol. The molecule has 0 aromatic carbocycles. The number of carboxylic acid groups (broad SMARTS) is 1. The maximum atomic E-state index is 13.2. The summed E-state index contributed by atoms with van der Waals surface area (Å²) in [6.07, 6.45) is 2.34. The molecule has 4 amide bonds. The highest BCUT2D eigenvalue weighted by molar-refractivity contribution is 8.00. The van der Waals surface area contributed by atoms with E-state index in [9.17, 15) is 24.0 Å². The van der Waals surface area contributed by atoms with Crippen LogP contribution in [0.3, 0.4) is 0 Å². The molecule has 1 saturated heterocycles. The van der Waals surface area contributed by atoms with E-state index in [0.29, 0.717) is 17.6 Å². The zero-order valence-electron chi connectivity index (χ0n) is 21.1. The number of thioether (sulfide) groups is 1. The summed E-state index contributed by atoms with van der Waals surface area (Å²) in [4.78, 5) is 70.9. The van der Waals surface area contributed by atoms with Crippen molar-refractivity contribution in [3.05, 3.63) is 39.8 Å². The average Bonchev–Trinajstić information content (AvgIpc) is 3.25. The molecule has 0 radical (unpaired) electrons. The van der Waals surface area contributed by atoms with E-state index in [2.05, 4.69) is 20.8 Å². The quantitative estimate of drug-likeness (QED) is 0.0645. The van der Waals surface area contributed by atoms with Crippen LogP contribution in [0, 0.1) is 0 Å². The van der Waals surface area contributed by atoms with Gasteiger partial charge in [0, 0.05) is 17.4 Å². The van der Waals surface area contributed by atoms with Gasteiger partial charge in [-0.05, 0) is 6.92 Å². The lowest BCUT2D eigenvalue weighted by atomic mass is 10.0. The molecule has 0 spiro atoms. The molecule has 19 heteroatoms. The first-order chi connectivity index (χ1) is 19.4. The van der Waals surface area contributed by atoms with Crippen molar-refractivity contribution in [1.82, 2.24) is 15.2 Å². The molecule has 2 aromatic heterocycles. The van der Waals surface area contributed by atoms with Crippen molar-refractivity contribution in [2.75, 3.05) is 22.5 Å². The highest BCUT2D eigenvalue weighted by Gasteiger charge is 2.53. The van der Waals surface area contributed by atoms with Crippen LogP contribution in [0.2, 0.25) is 4.34 Å². The Balaban J connectivity index is 1.53. The number of carbonyl (C=O) groups excluding carboxylic acids is 4. The number of nitrogens with zero attached hydrogens (tertiary/aromatic N) is 4. The number of allylic oxidation sites excluding steroid dienone is 1. The molecule has 2 aromatic rings. The lowest BCUT2D eigenvalue weighted by Crippen LogP contribution is -2.70. The Hall–Kier alpha value is -4.42. The number of halogens is 1. The van der Waals surface area contributed by atoms with E-state index in [1.165, 1.54) is 29.8 Å². The van der Waals surface area contributed by atoms with Crippen LogP contribution in [0.5, 0.6) is 0 Å². The summed E-state index contributed by atoms with van der Waals surface area (Å²) in [6, 6.07) is -0.293. The Labute approximate surface area is 244 Å². The van der Waals surface area contributed by atoms with E-state index >= 15 is 0 Å². The summed E-state index contributed by atoms with van der Waals surface area (Å²) in [6.45, 7) is 1.40. The number of oxime groups is 1. The monoisotopic (exact) mass is 624 g/mol. The van der Waals surface area contributed by atoms with Crippen LogP contribution < -0.4 is 32.4 Å². The number of carbonyl (C=O) groups is 5. The smallest absolute Gasteiger partial charge is 0.347 e. The number of hydrogen-bond acceptors (Lipinski definition) is 12. The number of nitrogens with one attached hydrogen (secondary N) is 2. The lowest BCUT2D eigenvalue weighted by molar-refractivity contribution is -0.688. The fraction of sp³-hybridized carbons (Fsp3) is 0.273. The van der Waals surface area contributed by atoms with Gasteiger partial charge in [-0.1, -0.05) is 28.1 Å². The number of primary amides is 1. The van der Waals surface area contributed by atoms with E-state index in [1.807, 2.05) is 0 Å². The van der Waals surface area contributed by atoms with Crippen molar-refractivity contribution in [3.63, 3.8) is 0 Å². The highest BCUT2D eigenvalue weighted by Crippen LogP contribution is 2.39. The van der Waals surface area contributed by atoms with Gasteiger partial charge >= 0.3 is 12.0 Å². The third-order valence-corrected chi connectivity index (χ3v) is 8.29. The highest BCUT2D eigenvalue weighted by atomic mass is 35.5. The normalized spacial score (nSPS) is 19.1. The van der Waals surface area contributed by atoms with Crippen LogP contribution in [-0.4, -0.2) is 74.1 Å². The maximum absolute atomic E-state index is 13.2. The van der Waals surface area contributed by atoms with E-state index < -0.39 is 47.0 Å². The number of pyridine rings is 1. The van der Waals surface area contributed by atoms with Crippen LogP contribution in [0.15, 0.2) is 34.9 Å². The Bertz CT molecular complexity index is 1510. The van der Waals surface area contributed by atoms with E-state index in [1.54, 1.807) is 16.8 Å². The zero-order chi connectivity index (χ0) is 30.0. The van der Waals surface area contributed by atoms with Gasteiger partial charge in [-0.3, -0.25) is 19.3 Å². The summed E-state index contributed by atoms with van der Waals surface area (Å²) in [5.41, 5.74) is 17.4. The number of carboxylic acids is 1. The fourth-order valence-electron chi connectivity index (χ4n) is 3.87. The van der Waals surface area contributed by atoms with Crippen molar-refractivity contribution >= 4 is 87.0 Å². The van der Waals surface area contributed by atoms with Crippen molar-refractivity contribution < 1.29 is 38.5 Å². The predicted octanol–water partition coefficient (Wildman–Crippen LogP) is -0.514. The number of rotatable bonds is 10. The molecule has 3 atom stereocenters. The molecule has 0 aliphatic carbocycles. The number of thiazole rings is 1. The summed E-state index contributed by atoms with van der Waals surface area (Å²) in [5, 5.41) is 17.1. The van der Waals surface area contributed by atoms with Gasteiger partial charge in [0.1, 0.15) is 27.1 Å². The second-order valence-electron chi connectivity index (χ2n) is 8.64. The molecule has 9 N–H and O–H groups in total. The van der Waals surface area contributed by atoms with Crippen molar-refractivity contribution in [2.45, 2.75) is 31.0 Å². The van der Waals surface area contributed by atoms with Gasteiger partial charge in [-0.15, -0.1) is 11.8 Å². The van der Waals surface area contributed by atoms with Crippen LogP contribution in [-0.2, 0) is 30.6 Å². The van der Waals surface area contributed by atoms with E-state index in [0.717, 1.165) is 11.3 Å². The first-order valence-electron chi connectivity index (χ1n) is 11.6. The minimum absolute atomic E-state index is 0.00162. The van der Waals surface area contributed by atoms with Crippen LogP contribution >= 0.6 is 34.7 Å². The largest absolute Gasteiger partial charge is 0.478 e. The minimum atomic E-state index is -1.40. The molecule has 4 rings (SSSR count). The molecular weight excluding hydrogens is 602 g/mol. The maximum Gasteiger partial charge on any atom is 0.347 e. The number of amides is 4. The molecule has 0 saturated carbocycles. The second-order valence-corrected chi connectivity index (χ2v) is 11.4. The molecule has 4 heterocycles. The summed E-state index contributed by atoms with van der Waals surface area (Å²) in [5.74, 6) is -2.47. The summed E-state index contributed by atoms with van der Waals surface area (Å²) >= 11 is 8.30. The van der Waals surface area contributed by atoms with Gasteiger partial charge in [0.25, 0.3) is 11.8 Å². The molecule has 216 valence electrons. The SMILES string of the molecule is C[C@H](O/N=C(\C(=O)NC1C(=O)N2C(C=O)=C(C[n+]3ccc(N)c(NC(N)=O)c3)CSC12)c1nc(N)sc1Cl)C(=O)O. The Morgan fingerprint density at radius 1 is 1.41 bits per heavy atom. The van der Waals surface area contributed by atoms with E-state index in [4.69, 9.17) is 38.7 Å². The molecule has 2 unspecified atom stereocenters. The molecule has 0 bridgehead atoms.